The molecule has 2 aromatic carbocycles. The maximum Gasteiger partial charge on any atom is 0.308 e. The van der Waals surface area contributed by atoms with Crippen LogP contribution >= 0.6 is 0 Å². The number of halogens is 1. The van der Waals surface area contributed by atoms with Crippen LogP contribution in [-0.2, 0) is 36.9 Å². The van der Waals surface area contributed by atoms with E-state index < -0.39 is 48.0 Å². The van der Waals surface area contributed by atoms with Crippen molar-refractivity contribution in [3.05, 3.63) is 71.5 Å². The van der Waals surface area contributed by atoms with E-state index in [1.807, 2.05) is 6.07 Å². The number of carbonyl (C=O) groups excluding carboxylic acids is 4. The van der Waals surface area contributed by atoms with Crippen LogP contribution in [0.2, 0.25) is 0 Å². The summed E-state index contributed by atoms with van der Waals surface area (Å²) in [5.74, 6) is -3.38. The lowest BCUT2D eigenvalue weighted by molar-refractivity contribution is -0.147. The molecule has 164 valence electrons. The normalized spacial score (nSPS) is 12.3. The number of hydrogen-bond donors (Lipinski definition) is 3. The topological polar surface area (TPSA) is 128 Å². The van der Waals surface area contributed by atoms with Gasteiger partial charge in [0, 0.05) is 13.3 Å². The molecule has 0 fully saturated rings. The lowest BCUT2D eigenvalue weighted by Gasteiger charge is -2.21. The van der Waals surface area contributed by atoms with Crippen LogP contribution in [0.3, 0.4) is 0 Å². The van der Waals surface area contributed by atoms with Gasteiger partial charge in [0.15, 0.2) is 0 Å². The lowest BCUT2D eigenvalue weighted by Crippen LogP contribution is -2.54. The molecule has 3 amide bonds. The molecule has 0 saturated heterocycles. The summed E-state index contributed by atoms with van der Waals surface area (Å²) in [5.41, 5.74) is 6.54. The van der Waals surface area contributed by atoms with E-state index in [-0.39, 0.29) is 13.0 Å². The fraction of sp³-hybridized carbons (Fsp3) is 0.273. The molecule has 0 saturated carbocycles. The first-order valence-corrected chi connectivity index (χ1v) is 9.55. The number of rotatable bonds is 10. The number of esters is 1. The summed E-state index contributed by atoms with van der Waals surface area (Å²) in [6.45, 7) is 1.23. The average molecular weight is 429 g/mol. The van der Waals surface area contributed by atoms with Crippen LogP contribution < -0.4 is 16.4 Å². The molecular weight excluding hydrogens is 405 g/mol. The van der Waals surface area contributed by atoms with E-state index in [1.165, 1.54) is 25.1 Å². The van der Waals surface area contributed by atoms with Gasteiger partial charge < -0.3 is 21.1 Å². The third-order valence-corrected chi connectivity index (χ3v) is 4.30. The summed E-state index contributed by atoms with van der Waals surface area (Å²) in [4.78, 5) is 48.0. The van der Waals surface area contributed by atoms with E-state index in [0.29, 0.717) is 5.56 Å². The summed E-state index contributed by atoms with van der Waals surface area (Å²) in [5, 5.41) is 4.81. The second-order valence-electron chi connectivity index (χ2n) is 6.90. The van der Waals surface area contributed by atoms with E-state index in [9.17, 15) is 23.6 Å². The first kappa shape index (κ1) is 23.5. The van der Waals surface area contributed by atoms with Crippen LogP contribution in [0, 0.1) is 5.82 Å². The van der Waals surface area contributed by atoms with Gasteiger partial charge in [0.2, 0.25) is 17.7 Å². The molecule has 0 aliphatic carbocycles. The molecule has 2 atom stereocenters. The van der Waals surface area contributed by atoms with Crippen molar-refractivity contribution in [2.75, 3.05) is 0 Å². The fourth-order valence-corrected chi connectivity index (χ4v) is 2.81. The molecule has 8 nitrogen and oxygen atoms in total. The van der Waals surface area contributed by atoms with Gasteiger partial charge in [-0.3, -0.25) is 19.2 Å². The van der Waals surface area contributed by atoms with Crippen LogP contribution in [0.5, 0.6) is 0 Å². The van der Waals surface area contributed by atoms with E-state index >= 15 is 0 Å². The van der Waals surface area contributed by atoms with Gasteiger partial charge in [-0.15, -0.1) is 0 Å². The molecule has 0 aliphatic heterocycles. The van der Waals surface area contributed by atoms with E-state index in [1.54, 1.807) is 30.3 Å². The van der Waals surface area contributed by atoms with Crippen molar-refractivity contribution >= 4 is 23.7 Å². The molecule has 9 heteroatoms. The predicted molar refractivity (Wildman–Crippen MR) is 110 cm³/mol. The largest absolute Gasteiger partial charge is 0.461 e. The summed E-state index contributed by atoms with van der Waals surface area (Å²) in [6.07, 6.45) is -0.492. The number of ether oxygens (including phenoxy) is 1. The van der Waals surface area contributed by atoms with Crippen LogP contribution in [0.25, 0.3) is 0 Å². The third kappa shape index (κ3) is 8.25. The Kier molecular flexibility index (Phi) is 8.68. The molecule has 0 heterocycles. The van der Waals surface area contributed by atoms with E-state index in [2.05, 4.69) is 10.6 Å². The van der Waals surface area contributed by atoms with Crippen molar-refractivity contribution in [2.24, 2.45) is 5.73 Å². The third-order valence-electron chi connectivity index (χ3n) is 4.30. The van der Waals surface area contributed by atoms with Gasteiger partial charge in [-0.2, -0.15) is 0 Å². The Morgan fingerprint density at radius 3 is 2.26 bits per heavy atom. The highest BCUT2D eigenvalue weighted by atomic mass is 19.1. The second-order valence-corrected chi connectivity index (χ2v) is 6.90. The SMILES string of the molecule is CC(=O)N[C@H](Cc1cccc(F)c1)C(=O)N[C@@H](CC(=O)OCc1ccccc1)C(N)=O. The number of nitrogens with one attached hydrogen (secondary N) is 2. The van der Waals surface area contributed by atoms with Crippen molar-refractivity contribution in [3.8, 4) is 0 Å². The Bertz CT molecular complexity index is 936. The Balaban J connectivity index is 2.00. The minimum atomic E-state index is -1.33. The standard InChI is InChI=1S/C22H24FN3O5/c1-14(27)25-19(11-16-8-5-9-17(23)10-16)22(30)26-18(21(24)29)12-20(28)31-13-15-6-3-2-4-7-15/h2-10,18-19H,11-13H2,1H3,(H2,24,29)(H,25,27)(H,26,30)/t18-,19+/m0/s1. The maximum absolute atomic E-state index is 13.4. The van der Waals surface area contributed by atoms with Crippen LogP contribution in [0.1, 0.15) is 24.5 Å². The zero-order chi connectivity index (χ0) is 22.8. The van der Waals surface area contributed by atoms with Crippen molar-refractivity contribution < 1.29 is 28.3 Å². The molecule has 31 heavy (non-hydrogen) atoms. The van der Waals surface area contributed by atoms with Crippen LogP contribution in [-0.4, -0.2) is 35.8 Å². The first-order valence-electron chi connectivity index (χ1n) is 9.55. The Hall–Kier alpha value is -3.75. The second kappa shape index (κ2) is 11.4. The molecule has 0 radical (unpaired) electrons. The fourth-order valence-electron chi connectivity index (χ4n) is 2.81. The molecule has 0 aliphatic rings. The molecule has 2 aromatic rings. The van der Waals surface area contributed by atoms with Crippen molar-refractivity contribution in [1.29, 1.82) is 0 Å². The number of nitrogens with two attached hydrogens (primary N) is 1. The highest BCUT2D eigenvalue weighted by Gasteiger charge is 2.27. The number of benzene rings is 2. The average Bonchev–Trinajstić information content (AvgIpc) is 2.71. The van der Waals surface area contributed by atoms with Gasteiger partial charge in [0.25, 0.3) is 0 Å². The van der Waals surface area contributed by atoms with E-state index in [4.69, 9.17) is 10.5 Å². The smallest absolute Gasteiger partial charge is 0.308 e. The van der Waals surface area contributed by atoms with Crippen LogP contribution in [0.15, 0.2) is 54.6 Å². The zero-order valence-electron chi connectivity index (χ0n) is 17.0. The number of primary amides is 1. The first-order chi connectivity index (χ1) is 14.7. The Labute approximate surface area is 179 Å². The van der Waals surface area contributed by atoms with Crippen molar-refractivity contribution in [1.82, 2.24) is 10.6 Å². The van der Waals surface area contributed by atoms with Gasteiger partial charge >= 0.3 is 5.97 Å². The maximum atomic E-state index is 13.4. The number of amides is 3. The lowest BCUT2D eigenvalue weighted by atomic mass is 10.0. The highest BCUT2D eigenvalue weighted by molar-refractivity contribution is 5.93. The van der Waals surface area contributed by atoms with E-state index in [0.717, 1.165) is 5.56 Å². The zero-order valence-corrected chi connectivity index (χ0v) is 17.0. The number of carbonyl (C=O) groups is 4. The van der Waals surface area contributed by atoms with Gasteiger partial charge in [-0.1, -0.05) is 42.5 Å². The van der Waals surface area contributed by atoms with Gasteiger partial charge in [-0.25, -0.2) is 4.39 Å². The monoisotopic (exact) mass is 429 g/mol. The van der Waals surface area contributed by atoms with Gasteiger partial charge in [0.1, 0.15) is 24.5 Å². The number of hydrogen-bond acceptors (Lipinski definition) is 5. The summed E-state index contributed by atoms with van der Waals surface area (Å²) >= 11 is 0. The Morgan fingerprint density at radius 1 is 0.968 bits per heavy atom. The molecule has 0 spiro atoms. The molecule has 4 N–H and O–H groups in total. The molecular formula is C22H24FN3O5. The van der Waals surface area contributed by atoms with Crippen molar-refractivity contribution in [2.45, 2.75) is 38.5 Å². The summed E-state index contributed by atoms with van der Waals surface area (Å²) in [7, 11) is 0. The minimum Gasteiger partial charge on any atom is -0.461 e. The predicted octanol–water partition coefficient (Wildman–Crippen LogP) is 0.976. The van der Waals surface area contributed by atoms with Gasteiger partial charge in [0.05, 0.1) is 6.42 Å². The van der Waals surface area contributed by atoms with Crippen LogP contribution in [0.4, 0.5) is 4.39 Å². The molecule has 2 rings (SSSR count). The Morgan fingerprint density at radius 2 is 1.65 bits per heavy atom. The highest BCUT2D eigenvalue weighted by Crippen LogP contribution is 2.08. The molecule has 0 unspecified atom stereocenters. The van der Waals surface area contributed by atoms with Crippen molar-refractivity contribution in [3.63, 3.8) is 0 Å². The summed E-state index contributed by atoms with van der Waals surface area (Å²) < 4.78 is 18.6. The quantitative estimate of drug-likeness (QED) is 0.485. The molecule has 0 bridgehead atoms. The summed E-state index contributed by atoms with van der Waals surface area (Å²) in [6, 6.07) is 12.1. The molecule has 0 aromatic heterocycles. The van der Waals surface area contributed by atoms with Gasteiger partial charge in [-0.05, 0) is 23.3 Å². The minimum absolute atomic E-state index is 0.00713.